The van der Waals surface area contributed by atoms with Crippen LogP contribution in [-0.4, -0.2) is 37.4 Å². The van der Waals surface area contributed by atoms with Crippen molar-refractivity contribution in [3.63, 3.8) is 0 Å². The molecule has 2 aromatic rings. The van der Waals surface area contributed by atoms with Crippen LogP contribution in [0.25, 0.3) is 11.0 Å². The van der Waals surface area contributed by atoms with E-state index in [1.807, 2.05) is 0 Å². The third-order valence-electron chi connectivity index (χ3n) is 2.76. The first-order chi connectivity index (χ1) is 9.00. The molecule has 0 aliphatic heterocycles. The summed E-state index contributed by atoms with van der Waals surface area (Å²) in [5.41, 5.74) is 7.04. The molecule has 2 rings (SSSR count). The number of carbonyl (C=O) groups is 1. The quantitative estimate of drug-likeness (QED) is 0.575. The lowest BCUT2D eigenvalue weighted by molar-refractivity contribution is -0.141. The molecule has 7 nitrogen and oxygen atoms in total. The molecule has 100 valence electrons. The molecule has 0 aliphatic carbocycles. The second-order valence-electron chi connectivity index (χ2n) is 4.10. The van der Waals surface area contributed by atoms with Crippen molar-refractivity contribution in [1.29, 1.82) is 0 Å². The Bertz CT molecular complexity index is 617. The molecule has 0 bridgehead atoms. The average Bonchev–Trinajstić information content (AvgIpc) is 2.37. The van der Waals surface area contributed by atoms with Gasteiger partial charge >= 0.3 is 5.97 Å². The van der Waals surface area contributed by atoms with Gasteiger partial charge in [0.2, 0.25) is 0 Å². The van der Waals surface area contributed by atoms with Gasteiger partial charge in [-0.1, -0.05) is 0 Å². The molecular formula is C12H13N3O4. The number of hydrogen-bond acceptors (Lipinski definition) is 6. The van der Waals surface area contributed by atoms with E-state index in [1.54, 1.807) is 6.07 Å². The Labute approximate surface area is 108 Å². The summed E-state index contributed by atoms with van der Waals surface area (Å²) >= 11 is 0. The molecule has 0 fully saturated rings. The number of nitrogens with zero attached hydrogens (tertiary/aromatic N) is 2. The molecule has 0 aliphatic rings. The maximum Gasteiger partial charge on any atom is 0.306 e. The Hall–Kier alpha value is -2.25. The molecule has 2 unspecified atom stereocenters. The zero-order chi connectivity index (χ0) is 14.0. The summed E-state index contributed by atoms with van der Waals surface area (Å²) in [6.07, 6.45) is -0.565. The van der Waals surface area contributed by atoms with Gasteiger partial charge < -0.3 is 21.1 Å². The molecule has 1 aromatic carbocycles. The fourth-order valence-corrected chi connectivity index (χ4v) is 1.87. The maximum absolute atomic E-state index is 10.6. The van der Waals surface area contributed by atoms with E-state index < -0.39 is 24.6 Å². The summed E-state index contributed by atoms with van der Waals surface area (Å²) in [5.74, 6) is -1.21. The normalized spacial score (nSPS) is 14.2. The highest BCUT2D eigenvalue weighted by Crippen LogP contribution is 2.30. The number of benzene rings is 1. The van der Waals surface area contributed by atoms with Crippen molar-refractivity contribution in [3.05, 3.63) is 30.1 Å². The summed E-state index contributed by atoms with van der Waals surface area (Å²) in [6, 6.07) is 3.17. The van der Waals surface area contributed by atoms with Gasteiger partial charge in [-0.05, 0) is 12.1 Å². The molecule has 0 amide bonds. The van der Waals surface area contributed by atoms with Crippen LogP contribution in [0.3, 0.4) is 0 Å². The molecular weight excluding hydrogens is 250 g/mol. The van der Waals surface area contributed by atoms with Crippen LogP contribution in [0, 0.1) is 0 Å². The van der Waals surface area contributed by atoms with Crippen LogP contribution in [0.15, 0.2) is 24.5 Å². The number of anilines is 1. The lowest BCUT2D eigenvalue weighted by atomic mass is 9.98. The van der Waals surface area contributed by atoms with Crippen molar-refractivity contribution >= 4 is 22.7 Å². The lowest BCUT2D eigenvalue weighted by Gasteiger charge is -2.19. The number of hydrogen-bond donors (Lipinski definition) is 4. The van der Waals surface area contributed by atoms with Gasteiger partial charge in [0, 0.05) is 23.6 Å². The molecule has 2 atom stereocenters. The second-order valence-corrected chi connectivity index (χ2v) is 4.10. The fraction of sp³-hybridized carbons (Fsp3) is 0.250. The van der Waals surface area contributed by atoms with E-state index in [4.69, 9.17) is 10.8 Å². The van der Waals surface area contributed by atoms with E-state index in [1.165, 1.54) is 18.5 Å². The number of aromatic nitrogens is 2. The summed E-state index contributed by atoms with van der Waals surface area (Å²) in [6.45, 7) is 0. The minimum absolute atomic E-state index is 0.194. The van der Waals surface area contributed by atoms with Crippen LogP contribution in [0.5, 0.6) is 0 Å². The Kier molecular flexibility index (Phi) is 3.59. The molecule has 0 saturated heterocycles. The highest BCUT2D eigenvalue weighted by atomic mass is 16.4. The lowest BCUT2D eigenvalue weighted by Crippen LogP contribution is -2.23. The SMILES string of the molecule is Nc1ccc2nccnc2c1C(O)C(O)CC(=O)O. The number of carboxylic acid groups (broad SMARTS) is 1. The van der Waals surface area contributed by atoms with Crippen molar-refractivity contribution in [1.82, 2.24) is 9.97 Å². The van der Waals surface area contributed by atoms with Gasteiger partial charge in [-0.25, -0.2) is 0 Å². The minimum Gasteiger partial charge on any atom is -0.481 e. The van der Waals surface area contributed by atoms with E-state index >= 15 is 0 Å². The van der Waals surface area contributed by atoms with Crippen LogP contribution in [0.1, 0.15) is 18.1 Å². The molecule has 0 saturated carbocycles. The van der Waals surface area contributed by atoms with E-state index in [-0.39, 0.29) is 11.3 Å². The summed E-state index contributed by atoms with van der Waals surface area (Å²) < 4.78 is 0. The number of aliphatic carboxylic acids is 1. The van der Waals surface area contributed by atoms with Crippen LogP contribution >= 0.6 is 0 Å². The van der Waals surface area contributed by atoms with E-state index in [2.05, 4.69) is 9.97 Å². The number of nitrogens with two attached hydrogens (primary N) is 1. The van der Waals surface area contributed by atoms with Crippen LogP contribution in [0.2, 0.25) is 0 Å². The topological polar surface area (TPSA) is 130 Å². The second kappa shape index (κ2) is 5.17. The Balaban J connectivity index is 2.48. The van der Waals surface area contributed by atoms with Crippen LogP contribution in [0.4, 0.5) is 5.69 Å². The molecule has 1 heterocycles. The number of aliphatic hydroxyl groups excluding tert-OH is 2. The first-order valence-electron chi connectivity index (χ1n) is 5.57. The standard InChI is InChI=1S/C12H13N3O4/c13-6-1-2-7-11(15-4-3-14-7)10(6)12(19)8(16)5-9(17)18/h1-4,8,12,16,19H,5,13H2,(H,17,18). The number of aliphatic hydroxyl groups is 2. The van der Waals surface area contributed by atoms with Crippen molar-refractivity contribution in [3.8, 4) is 0 Å². The van der Waals surface area contributed by atoms with Gasteiger partial charge in [0.1, 0.15) is 6.10 Å². The van der Waals surface area contributed by atoms with Gasteiger partial charge in [0.05, 0.1) is 23.6 Å². The third-order valence-corrected chi connectivity index (χ3v) is 2.76. The zero-order valence-electron chi connectivity index (χ0n) is 9.89. The van der Waals surface area contributed by atoms with E-state index in [9.17, 15) is 15.0 Å². The fourth-order valence-electron chi connectivity index (χ4n) is 1.87. The van der Waals surface area contributed by atoms with Crippen molar-refractivity contribution in [2.45, 2.75) is 18.6 Å². The largest absolute Gasteiger partial charge is 0.481 e. The average molecular weight is 263 g/mol. The summed E-state index contributed by atoms with van der Waals surface area (Å²) in [4.78, 5) is 18.7. The smallest absolute Gasteiger partial charge is 0.306 e. The molecule has 7 heteroatoms. The van der Waals surface area contributed by atoms with Crippen molar-refractivity contribution in [2.24, 2.45) is 0 Å². The first kappa shape index (κ1) is 13.2. The number of carboxylic acids is 1. The third kappa shape index (κ3) is 2.61. The van der Waals surface area contributed by atoms with E-state index in [0.29, 0.717) is 11.0 Å². The zero-order valence-corrected chi connectivity index (χ0v) is 9.89. The molecule has 19 heavy (non-hydrogen) atoms. The number of fused-ring (bicyclic) bond motifs is 1. The molecule has 0 radical (unpaired) electrons. The maximum atomic E-state index is 10.6. The Morgan fingerprint density at radius 1 is 1.26 bits per heavy atom. The van der Waals surface area contributed by atoms with Crippen molar-refractivity contribution < 1.29 is 20.1 Å². The monoisotopic (exact) mass is 263 g/mol. The highest BCUT2D eigenvalue weighted by molar-refractivity contribution is 5.83. The van der Waals surface area contributed by atoms with Crippen LogP contribution in [-0.2, 0) is 4.79 Å². The van der Waals surface area contributed by atoms with Gasteiger partial charge in [0.15, 0.2) is 0 Å². The summed E-state index contributed by atoms with van der Waals surface area (Å²) in [5, 5.41) is 28.4. The number of nitrogen functional groups attached to an aromatic ring is 1. The predicted octanol–water partition coefficient (Wildman–Crippen LogP) is 0.0810. The highest BCUT2D eigenvalue weighted by Gasteiger charge is 2.25. The van der Waals surface area contributed by atoms with Crippen molar-refractivity contribution in [2.75, 3.05) is 5.73 Å². The van der Waals surface area contributed by atoms with Gasteiger partial charge in [-0.15, -0.1) is 0 Å². The molecule has 1 aromatic heterocycles. The summed E-state index contributed by atoms with van der Waals surface area (Å²) in [7, 11) is 0. The first-order valence-corrected chi connectivity index (χ1v) is 5.57. The van der Waals surface area contributed by atoms with Gasteiger partial charge in [-0.2, -0.15) is 0 Å². The number of rotatable bonds is 4. The molecule has 0 spiro atoms. The van der Waals surface area contributed by atoms with E-state index in [0.717, 1.165) is 0 Å². The van der Waals surface area contributed by atoms with Crippen LogP contribution < -0.4 is 5.73 Å². The predicted molar refractivity (Wildman–Crippen MR) is 67.2 cm³/mol. The molecule has 5 N–H and O–H groups in total. The van der Waals surface area contributed by atoms with Gasteiger partial charge in [0.25, 0.3) is 0 Å². The Morgan fingerprint density at radius 2 is 1.95 bits per heavy atom. The Morgan fingerprint density at radius 3 is 2.63 bits per heavy atom. The van der Waals surface area contributed by atoms with Gasteiger partial charge in [-0.3, -0.25) is 14.8 Å². The minimum atomic E-state index is -1.47.